The average Bonchev–Trinajstić information content (AvgIpc) is 3.16. The molecule has 6 nitrogen and oxygen atoms in total. The molecule has 0 saturated carbocycles. The van der Waals surface area contributed by atoms with Gasteiger partial charge >= 0.3 is 0 Å². The SMILES string of the molecule is Cc1ccccc1C(=O)Nc1ccc(C(=O)N2CCCC(NCCCCN3CCCCC3)c3cc(Cl)ccc32)c(C)c1. The Hall–Kier alpha value is -3.19. The van der Waals surface area contributed by atoms with Gasteiger partial charge < -0.3 is 20.4 Å². The van der Waals surface area contributed by atoms with Gasteiger partial charge in [0.2, 0.25) is 0 Å². The maximum atomic E-state index is 14.0. The van der Waals surface area contributed by atoms with Crippen molar-refractivity contribution in [2.75, 3.05) is 42.9 Å². The van der Waals surface area contributed by atoms with E-state index >= 15 is 0 Å². The Morgan fingerprint density at radius 1 is 0.857 bits per heavy atom. The first-order chi connectivity index (χ1) is 20.4. The van der Waals surface area contributed by atoms with E-state index in [-0.39, 0.29) is 17.9 Å². The van der Waals surface area contributed by atoms with Crippen molar-refractivity contribution in [1.29, 1.82) is 0 Å². The van der Waals surface area contributed by atoms with Crippen LogP contribution in [0.4, 0.5) is 11.4 Å². The van der Waals surface area contributed by atoms with Crippen LogP contribution in [0.1, 0.15) is 88.4 Å². The van der Waals surface area contributed by atoms with Gasteiger partial charge in [-0.2, -0.15) is 0 Å². The molecule has 1 fully saturated rings. The minimum Gasteiger partial charge on any atom is -0.322 e. The number of carbonyl (C=O) groups is 2. The van der Waals surface area contributed by atoms with Gasteiger partial charge in [0.05, 0.1) is 0 Å². The lowest BCUT2D eigenvalue weighted by Crippen LogP contribution is -2.32. The molecule has 2 amide bonds. The van der Waals surface area contributed by atoms with Crippen LogP contribution in [0, 0.1) is 13.8 Å². The highest BCUT2D eigenvalue weighted by Crippen LogP contribution is 2.36. The van der Waals surface area contributed by atoms with E-state index in [1.54, 1.807) is 0 Å². The summed E-state index contributed by atoms with van der Waals surface area (Å²) >= 11 is 6.48. The van der Waals surface area contributed by atoms with Crippen LogP contribution in [-0.4, -0.2) is 49.4 Å². The molecule has 2 N–H and O–H groups in total. The number of nitrogens with zero attached hydrogens (tertiary/aromatic N) is 2. The Bertz CT molecular complexity index is 1400. The van der Waals surface area contributed by atoms with E-state index in [1.165, 1.54) is 45.3 Å². The van der Waals surface area contributed by atoms with E-state index in [2.05, 4.69) is 15.5 Å². The van der Waals surface area contributed by atoms with Crippen molar-refractivity contribution < 1.29 is 9.59 Å². The predicted molar refractivity (Wildman–Crippen MR) is 173 cm³/mol. The van der Waals surface area contributed by atoms with Crippen LogP contribution in [0.2, 0.25) is 5.02 Å². The van der Waals surface area contributed by atoms with E-state index in [1.807, 2.05) is 79.4 Å². The van der Waals surface area contributed by atoms with Gasteiger partial charge in [-0.15, -0.1) is 0 Å². The number of benzene rings is 3. The Labute approximate surface area is 255 Å². The van der Waals surface area contributed by atoms with Crippen molar-refractivity contribution >= 4 is 34.8 Å². The number of rotatable bonds is 9. The molecule has 5 rings (SSSR count). The van der Waals surface area contributed by atoms with Crippen LogP contribution < -0.4 is 15.5 Å². The summed E-state index contributed by atoms with van der Waals surface area (Å²) in [6.45, 7) is 9.12. The normalized spacial score (nSPS) is 17.4. The third-order valence-corrected chi connectivity index (χ3v) is 8.86. The quantitative estimate of drug-likeness (QED) is 0.254. The lowest BCUT2D eigenvalue weighted by Gasteiger charge is -2.27. The zero-order valence-electron chi connectivity index (χ0n) is 24.9. The predicted octanol–water partition coefficient (Wildman–Crippen LogP) is 7.55. The summed E-state index contributed by atoms with van der Waals surface area (Å²) in [6, 6.07) is 19.1. The van der Waals surface area contributed by atoms with Crippen molar-refractivity contribution in [3.05, 3.63) is 93.5 Å². The number of anilines is 2. The largest absolute Gasteiger partial charge is 0.322 e. The molecular weight excluding hydrogens is 544 g/mol. The first-order valence-corrected chi connectivity index (χ1v) is 15.8. The Morgan fingerprint density at radius 2 is 1.67 bits per heavy atom. The molecule has 0 spiro atoms. The fraction of sp³-hybridized carbons (Fsp3) is 0.429. The molecule has 2 aliphatic heterocycles. The molecule has 0 aromatic heterocycles. The van der Waals surface area contributed by atoms with E-state index in [0.717, 1.165) is 48.2 Å². The number of halogens is 1. The molecule has 0 aliphatic carbocycles. The first-order valence-electron chi connectivity index (χ1n) is 15.5. The Morgan fingerprint density at radius 3 is 2.45 bits per heavy atom. The van der Waals surface area contributed by atoms with Crippen LogP contribution in [0.5, 0.6) is 0 Å². The summed E-state index contributed by atoms with van der Waals surface area (Å²) in [4.78, 5) is 31.3. The van der Waals surface area contributed by atoms with E-state index in [9.17, 15) is 9.59 Å². The number of nitrogens with one attached hydrogen (secondary N) is 2. The fourth-order valence-electron chi connectivity index (χ4n) is 6.28. The number of unbranched alkanes of at least 4 members (excludes halogenated alkanes) is 1. The van der Waals surface area contributed by atoms with Crippen molar-refractivity contribution in [2.24, 2.45) is 0 Å². The van der Waals surface area contributed by atoms with Gasteiger partial charge in [-0.3, -0.25) is 9.59 Å². The highest BCUT2D eigenvalue weighted by Gasteiger charge is 2.28. The third-order valence-electron chi connectivity index (χ3n) is 8.62. The zero-order chi connectivity index (χ0) is 29.5. The highest BCUT2D eigenvalue weighted by atomic mass is 35.5. The number of hydrogen-bond acceptors (Lipinski definition) is 4. The van der Waals surface area contributed by atoms with Crippen molar-refractivity contribution in [3.8, 4) is 0 Å². The monoisotopic (exact) mass is 586 g/mol. The first kappa shape index (κ1) is 30.3. The minimum absolute atomic E-state index is 0.0324. The van der Waals surface area contributed by atoms with Gasteiger partial charge in [0.1, 0.15) is 0 Å². The zero-order valence-corrected chi connectivity index (χ0v) is 25.7. The fourth-order valence-corrected chi connectivity index (χ4v) is 6.46. The lowest BCUT2D eigenvalue weighted by atomic mass is 10.0. The summed E-state index contributed by atoms with van der Waals surface area (Å²) in [5.41, 5.74) is 5.70. The number of carbonyl (C=O) groups excluding carboxylic acids is 2. The van der Waals surface area contributed by atoms with E-state index < -0.39 is 0 Å². The average molecular weight is 587 g/mol. The van der Waals surface area contributed by atoms with Crippen LogP contribution >= 0.6 is 11.6 Å². The molecule has 2 aliphatic rings. The summed E-state index contributed by atoms with van der Waals surface area (Å²) < 4.78 is 0. The summed E-state index contributed by atoms with van der Waals surface area (Å²) in [6.07, 6.45) is 8.23. The van der Waals surface area contributed by atoms with E-state index in [4.69, 9.17) is 11.6 Å². The van der Waals surface area contributed by atoms with Crippen LogP contribution in [0.3, 0.4) is 0 Å². The van der Waals surface area contributed by atoms with Crippen LogP contribution in [-0.2, 0) is 0 Å². The van der Waals surface area contributed by atoms with Gasteiger partial charge in [0, 0.05) is 40.1 Å². The maximum absolute atomic E-state index is 14.0. The van der Waals surface area contributed by atoms with Crippen molar-refractivity contribution in [2.45, 2.75) is 64.8 Å². The Balaban J connectivity index is 1.26. The second-order valence-corrected chi connectivity index (χ2v) is 12.2. The topological polar surface area (TPSA) is 64.7 Å². The van der Waals surface area contributed by atoms with Crippen LogP contribution in [0.15, 0.2) is 60.7 Å². The summed E-state index contributed by atoms with van der Waals surface area (Å²) in [7, 11) is 0. The molecule has 222 valence electrons. The summed E-state index contributed by atoms with van der Waals surface area (Å²) in [5.74, 6) is -0.190. The molecule has 0 radical (unpaired) electrons. The van der Waals surface area contributed by atoms with Gasteiger partial charge in [0.25, 0.3) is 11.8 Å². The Kier molecular flexibility index (Phi) is 10.3. The molecule has 7 heteroatoms. The molecular formula is C35H43ClN4O2. The van der Waals surface area contributed by atoms with Crippen molar-refractivity contribution in [3.63, 3.8) is 0 Å². The maximum Gasteiger partial charge on any atom is 0.258 e. The standard InChI is InChI=1S/C35H43ClN4O2/c1-25-11-4-5-12-29(25)34(41)38-28-15-16-30(26(2)23-28)35(42)40-22-10-13-32(31-24-27(36)14-17-33(31)40)37-18-6-9-21-39-19-7-3-8-20-39/h4-5,11-12,14-17,23-24,32,37H,3,6-10,13,18-22H2,1-2H3,(H,38,41). The lowest BCUT2D eigenvalue weighted by molar-refractivity contribution is 0.0985. The molecule has 0 bridgehead atoms. The van der Waals surface area contributed by atoms with Gasteiger partial charge in [-0.1, -0.05) is 36.2 Å². The number of likely N-dealkylation sites (tertiary alicyclic amines) is 1. The van der Waals surface area contributed by atoms with Gasteiger partial charge in [0.15, 0.2) is 0 Å². The number of amides is 2. The second-order valence-electron chi connectivity index (χ2n) is 11.7. The van der Waals surface area contributed by atoms with Gasteiger partial charge in [-0.05, 0) is 138 Å². The number of fused-ring (bicyclic) bond motifs is 1. The highest BCUT2D eigenvalue weighted by molar-refractivity contribution is 6.30. The molecule has 1 atom stereocenters. The van der Waals surface area contributed by atoms with Crippen molar-refractivity contribution in [1.82, 2.24) is 10.2 Å². The molecule has 1 saturated heterocycles. The third kappa shape index (κ3) is 7.41. The number of hydrogen-bond donors (Lipinski definition) is 2. The minimum atomic E-state index is -0.157. The number of piperidine rings is 1. The van der Waals surface area contributed by atoms with Gasteiger partial charge in [-0.25, -0.2) is 0 Å². The molecule has 3 aromatic carbocycles. The number of aryl methyl sites for hydroxylation is 2. The molecule has 1 unspecified atom stereocenters. The smallest absolute Gasteiger partial charge is 0.258 e. The second kappa shape index (κ2) is 14.3. The molecule has 2 heterocycles. The summed E-state index contributed by atoms with van der Waals surface area (Å²) in [5, 5.41) is 7.45. The molecule has 3 aromatic rings. The van der Waals surface area contributed by atoms with E-state index in [0.29, 0.717) is 28.4 Å². The van der Waals surface area contributed by atoms with Crippen LogP contribution in [0.25, 0.3) is 0 Å². The molecule has 42 heavy (non-hydrogen) atoms.